The van der Waals surface area contributed by atoms with E-state index in [2.05, 4.69) is 53.9 Å². The summed E-state index contributed by atoms with van der Waals surface area (Å²) in [5, 5.41) is 8.93. The Morgan fingerprint density at radius 1 is 1.39 bits per heavy atom. The summed E-state index contributed by atoms with van der Waals surface area (Å²) in [6.45, 7) is 7.63. The van der Waals surface area contributed by atoms with Gasteiger partial charge in [-0.3, -0.25) is 4.99 Å². The molecule has 0 aliphatic rings. The van der Waals surface area contributed by atoms with Gasteiger partial charge in [0.1, 0.15) is 0 Å². The van der Waals surface area contributed by atoms with Gasteiger partial charge in [0, 0.05) is 18.5 Å². The summed E-state index contributed by atoms with van der Waals surface area (Å²) >= 11 is 1.77. The summed E-state index contributed by atoms with van der Waals surface area (Å²) in [7, 11) is 1.82. The van der Waals surface area contributed by atoms with E-state index < -0.39 is 0 Å². The molecule has 0 fully saturated rings. The Balaban J connectivity index is 2.43. The molecule has 1 rings (SSSR count). The Bertz CT molecular complexity index is 342. The number of nitrogens with one attached hydrogen (secondary N) is 2. The smallest absolute Gasteiger partial charge is 0.191 e. The first-order valence-electron chi connectivity index (χ1n) is 6.71. The molecule has 0 bridgehead atoms. The van der Waals surface area contributed by atoms with Crippen molar-refractivity contribution in [2.24, 2.45) is 10.9 Å². The van der Waals surface area contributed by atoms with Crippen LogP contribution >= 0.6 is 11.3 Å². The number of hydrogen-bond donors (Lipinski definition) is 2. The summed E-state index contributed by atoms with van der Waals surface area (Å²) < 4.78 is 0. The van der Waals surface area contributed by atoms with Gasteiger partial charge >= 0.3 is 0 Å². The molecule has 3 nitrogen and oxygen atoms in total. The van der Waals surface area contributed by atoms with Crippen LogP contribution in [0.5, 0.6) is 0 Å². The first kappa shape index (κ1) is 15.0. The first-order valence-corrected chi connectivity index (χ1v) is 7.59. The second-order valence-electron chi connectivity index (χ2n) is 4.52. The normalized spacial score (nSPS) is 13.7. The molecular formula is C14H25N3S. The molecule has 0 spiro atoms. The second kappa shape index (κ2) is 8.14. The topological polar surface area (TPSA) is 36.4 Å². The zero-order valence-corrected chi connectivity index (χ0v) is 12.7. The molecule has 0 saturated heterocycles. The fourth-order valence-corrected chi connectivity index (χ4v) is 2.56. The van der Waals surface area contributed by atoms with Crippen molar-refractivity contribution < 1.29 is 0 Å². The number of thiophene rings is 1. The van der Waals surface area contributed by atoms with E-state index in [4.69, 9.17) is 0 Å². The van der Waals surface area contributed by atoms with Crippen LogP contribution < -0.4 is 10.6 Å². The third-order valence-corrected chi connectivity index (χ3v) is 4.31. The van der Waals surface area contributed by atoms with Crippen LogP contribution in [0.4, 0.5) is 0 Å². The van der Waals surface area contributed by atoms with Crippen LogP contribution in [0.1, 0.15) is 44.5 Å². The SMILES string of the molecule is CCC(CC)CNC(=NC)NC(C)c1cccs1. The highest BCUT2D eigenvalue weighted by Gasteiger charge is 2.09. The maximum Gasteiger partial charge on any atom is 0.191 e. The highest BCUT2D eigenvalue weighted by atomic mass is 32.1. The van der Waals surface area contributed by atoms with E-state index in [0.717, 1.165) is 18.4 Å². The second-order valence-corrected chi connectivity index (χ2v) is 5.50. The monoisotopic (exact) mass is 267 g/mol. The lowest BCUT2D eigenvalue weighted by molar-refractivity contribution is 0.480. The Morgan fingerprint density at radius 3 is 2.61 bits per heavy atom. The maximum absolute atomic E-state index is 4.28. The minimum atomic E-state index is 0.304. The highest BCUT2D eigenvalue weighted by molar-refractivity contribution is 7.10. The van der Waals surface area contributed by atoms with Crippen molar-refractivity contribution in [1.29, 1.82) is 0 Å². The fraction of sp³-hybridized carbons (Fsp3) is 0.643. The van der Waals surface area contributed by atoms with Crippen molar-refractivity contribution in [3.8, 4) is 0 Å². The van der Waals surface area contributed by atoms with Gasteiger partial charge in [-0.25, -0.2) is 0 Å². The Hall–Kier alpha value is -1.03. The average Bonchev–Trinajstić information content (AvgIpc) is 2.92. The summed E-state index contributed by atoms with van der Waals surface area (Å²) in [6.07, 6.45) is 2.42. The van der Waals surface area contributed by atoms with Gasteiger partial charge in [-0.1, -0.05) is 32.8 Å². The molecule has 0 amide bonds. The van der Waals surface area contributed by atoms with E-state index in [-0.39, 0.29) is 0 Å². The van der Waals surface area contributed by atoms with Crippen LogP contribution in [0.2, 0.25) is 0 Å². The minimum absolute atomic E-state index is 0.304. The number of aliphatic imine (C=N–C) groups is 1. The van der Waals surface area contributed by atoms with Crippen molar-refractivity contribution in [1.82, 2.24) is 10.6 Å². The van der Waals surface area contributed by atoms with Crippen molar-refractivity contribution in [3.05, 3.63) is 22.4 Å². The number of nitrogens with zero attached hydrogens (tertiary/aromatic N) is 1. The summed E-state index contributed by atoms with van der Waals surface area (Å²) in [5.74, 6) is 1.61. The third kappa shape index (κ3) is 4.69. The van der Waals surface area contributed by atoms with E-state index in [1.165, 1.54) is 17.7 Å². The van der Waals surface area contributed by atoms with E-state index in [0.29, 0.717) is 6.04 Å². The standard InChI is InChI=1S/C14H25N3S/c1-5-12(6-2)10-16-14(15-4)17-11(3)13-8-7-9-18-13/h7-9,11-12H,5-6,10H2,1-4H3,(H2,15,16,17). The fourth-order valence-electron chi connectivity index (χ4n) is 1.83. The minimum Gasteiger partial charge on any atom is -0.356 e. The van der Waals surface area contributed by atoms with Gasteiger partial charge in [-0.2, -0.15) is 0 Å². The molecule has 102 valence electrons. The maximum atomic E-state index is 4.28. The van der Waals surface area contributed by atoms with E-state index in [1.54, 1.807) is 11.3 Å². The largest absolute Gasteiger partial charge is 0.356 e. The van der Waals surface area contributed by atoms with Crippen LogP contribution in [0.15, 0.2) is 22.5 Å². The van der Waals surface area contributed by atoms with Gasteiger partial charge in [-0.15, -0.1) is 11.3 Å². The predicted octanol–water partition coefficient (Wildman–Crippen LogP) is 3.41. The van der Waals surface area contributed by atoms with Crippen molar-refractivity contribution in [2.45, 2.75) is 39.7 Å². The summed E-state index contributed by atoms with van der Waals surface area (Å²) in [5.41, 5.74) is 0. The van der Waals surface area contributed by atoms with E-state index >= 15 is 0 Å². The molecule has 4 heteroatoms. The van der Waals surface area contributed by atoms with Crippen molar-refractivity contribution in [3.63, 3.8) is 0 Å². The first-order chi connectivity index (χ1) is 8.71. The Labute approximate surface area is 115 Å². The molecule has 1 aromatic heterocycles. The van der Waals surface area contributed by atoms with Gasteiger partial charge in [0.05, 0.1) is 6.04 Å². The molecule has 18 heavy (non-hydrogen) atoms. The predicted molar refractivity (Wildman–Crippen MR) is 81.3 cm³/mol. The highest BCUT2D eigenvalue weighted by Crippen LogP contribution is 2.17. The zero-order valence-electron chi connectivity index (χ0n) is 11.9. The Morgan fingerprint density at radius 2 is 2.11 bits per heavy atom. The lowest BCUT2D eigenvalue weighted by atomic mass is 10.0. The number of rotatable bonds is 6. The molecule has 1 aromatic rings. The molecule has 2 N–H and O–H groups in total. The Kier molecular flexibility index (Phi) is 6.80. The molecule has 1 atom stereocenters. The zero-order chi connectivity index (χ0) is 13.4. The van der Waals surface area contributed by atoms with E-state index in [1.807, 2.05) is 7.05 Å². The molecule has 0 saturated carbocycles. The van der Waals surface area contributed by atoms with Crippen molar-refractivity contribution in [2.75, 3.05) is 13.6 Å². The van der Waals surface area contributed by atoms with Gasteiger partial charge in [0.2, 0.25) is 0 Å². The molecule has 1 heterocycles. The third-order valence-electron chi connectivity index (χ3n) is 3.26. The van der Waals surface area contributed by atoms with Crippen molar-refractivity contribution >= 4 is 17.3 Å². The van der Waals surface area contributed by atoms with Gasteiger partial charge in [-0.05, 0) is 24.3 Å². The molecule has 0 aliphatic carbocycles. The van der Waals surface area contributed by atoms with Crippen LogP contribution in [0.25, 0.3) is 0 Å². The average molecular weight is 267 g/mol. The lowest BCUT2D eigenvalue weighted by Crippen LogP contribution is -2.40. The van der Waals surface area contributed by atoms with Crippen LogP contribution in [0.3, 0.4) is 0 Å². The van der Waals surface area contributed by atoms with Gasteiger partial charge in [0.25, 0.3) is 0 Å². The van der Waals surface area contributed by atoms with Crippen LogP contribution in [-0.2, 0) is 0 Å². The lowest BCUT2D eigenvalue weighted by Gasteiger charge is -2.19. The molecule has 0 aromatic carbocycles. The van der Waals surface area contributed by atoms with Crippen LogP contribution in [-0.4, -0.2) is 19.6 Å². The molecular weight excluding hydrogens is 242 g/mol. The summed E-state index contributed by atoms with van der Waals surface area (Å²) in [4.78, 5) is 5.61. The number of guanidine groups is 1. The molecule has 1 unspecified atom stereocenters. The van der Waals surface area contributed by atoms with E-state index in [9.17, 15) is 0 Å². The van der Waals surface area contributed by atoms with Crippen LogP contribution in [0, 0.1) is 5.92 Å². The quantitative estimate of drug-likeness (QED) is 0.612. The molecule has 0 radical (unpaired) electrons. The number of hydrogen-bond acceptors (Lipinski definition) is 2. The van der Waals surface area contributed by atoms with Gasteiger partial charge in [0.15, 0.2) is 5.96 Å². The molecule has 0 aliphatic heterocycles. The summed E-state index contributed by atoms with van der Waals surface area (Å²) in [6, 6.07) is 4.53. The van der Waals surface area contributed by atoms with Gasteiger partial charge < -0.3 is 10.6 Å².